The largest absolute Gasteiger partial charge is 0.345 e. The zero-order chi connectivity index (χ0) is 10.3. The Labute approximate surface area is 80.2 Å². The maximum absolute atomic E-state index is 11.4. The molecular formula is C11H17NO. The van der Waals surface area contributed by atoms with Gasteiger partial charge in [-0.15, -0.1) is 0 Å². The van der Waals surface area contributed by atoms with E-state index in [0.717, 1.165) is 6.42 Å². The fourth-order valence-corrected chi connectivity index (χ4v) is 0.793. The number of nitrogens with zero attached hydrogens (tertiary/aromatic N) is 1. The van der Waals surface area contributed by atoms with Crippen molar-refractivity contribution < 1.29 is 4.79 Å². The van der Waals surface area contributed by atoms with Crippen LogP contribution in [0.25, 0.3) is 0 Å². The van der Waals surface area contributed by atoms with Crippen molar-refractivity contribution in [1.82, 2.24) is 4.90 Å². The summed E-state index contributed by atoms with van der Waals surface area (Å²) in [6, 6.07) is 0. The molecular weight excluding hydrogens is 162 g/mol. The molecule has 13 heavy (non-hydrogen) atoms. The molecule has 2 nitrogen and oxygen atoms in total. The summed E-state index contributed by atoms with van der Waals surface area (Å²) in [5, 5.41) is 0. The third-order valence-corrected chi connectivity index (χ3v) is 1.52. The minimum Gasteiger partial charge on any atom is -0.345 e. The number of carbonyl (C=O) groups excluding carboxylic acids is 1. The maximum atomic E-state index is 11.4. The lowest BCUT2D eigenvalue weighted by molar-refractivity contribution is -0.124. The number of hydrogen-bond acceptors (Lipinski definition) is 1. The lowest BCUT2D eigenvalue weighted by Crippen LogP contribution is -2.22. The third-order valence-electron chi connectivity index (χ3n) is 1.52. The first-order valence-electron chi connectivity index (χ1n) is 4.34. The van der Waals surface area contributed by atoms with Crippen molar-refractivity contribution in [1.29, 1.82) is 0 Å². The quantitative estimate of drug-likeness (QED) is 0.478. The summed E-state index contributed by atoms with van der Waals surface area (Å²) in [7, 11) is 3.45. The molecule has 0 spiro atoms. The van der Waals surface area contributed by atoms with E-state index in [1.165, 1.54) is 4.90 Å². The first-order chi connectivity index (χ1) is 6.13. The standard InChI is InChI=1S/C11H17NO/c1-5-7-8-9-10(6-2)11(13)12(3)4/h6-9H,2,5H2,1,3-4H3/b8-7-,10-9+. The predicted molar refractivity (Wildman–Crippen MR) is 56.4 cm³/mol. The molecule has 1 amide bonds. The highest BCUT2D eigenvalue weighted by Crippen LogP contribution is 2.00. The Morgan fingerprint density at radius 1 is 1.46 bits per heavy atom. The molecule has 0 aliphatic rings. The van der Waals surface area contributed by atoms with Crippen LogP contribution in [0.3, 0.4) is 0 Å². The Bertz CT molecular complexity index is 236. The summed E-state index contributed by atoms with van der Waals surface area (Å²) >= 11 is 0. The van der Waals surface area contributed by atoms with E-state index in [2.05, 4.69) is 6.58 Å². The molecule has 72 valence electrons. The smallest absolute Gasteiger partial charge is 0.253 e. The molecule has 0 rings (SSSR count). The number of likely N-dealkylation sites (N-methyl/N-ethyl adjacent to an activating group) is 1. The average Bonchev–Trinajstić information content (AvgIpc) is 2.11. The predicted octanol–water partition coefficient (Wildman–Crippen LogP) is 2.15. The van der Waals surface area contributed by atoms with Crippen LogP contribution in [0.5, 0.6) is 0 Å². The summed E-state index contributed by atoms with van der Waals surface area (Å²) in [4.78, 5) is 13.0. The monoisotopic (exact) mass is 179 g/mol. The van der Waals surface area contributed by atoms with Gasteiger partial charge < -0.3 is 4.90 Å². The lowest BCUT2D eigenvalue weighted by Gasteiger charge is -2.09. The Hall–Kier alpha value is -1.31. The van der Waals surface area contributed by atoms with Crippen molar-refractivity contribution in [3.05, 3.63) is 36.5 Å². The first kappa shape index (κ1) is 11.7. The van der Waals surface area contributed by atoms with E-state index >= 15 is 0 Å². The Balaban J connectivity index is 4.50. The molecule has 0 bridgehead atoms. The van der Waals surface area contributed by atoms with E-state index < -0.39 is 0 Å². The van der Waals surface area contributed by atoms with Gasteiger partial charge in [0.25, 0.3) is 5.91 Å². The number of carbonyl (C=O) groups is 1. The first-order valence-corrected chi connectivity index (χ1v) is 4.34. The molecule has 0 atom stereocenters. The minimum absolute atomic E-state index is 0.0178. The van der Waals surface area contributed by atoms with Crippen molar-refractivity contribution in [2.75, 3.05) is 14.1 Å². The molecule has 0 saturated carbocycles. The summed E-state index contributed by atoms with van der Waals surface area (Å²) in [5.41, 5.74) is 0.620. The highest BCUT2D eigenvalue weighted by atomic mass is 16.2. The number of amides is 1. The van der Waals surface area contributed by atoms with E-state index in [9.17, 15) is 4.79 Å². The van der Waals surface area contributed by atoms with E-state index in [1.54, 1.807) is 26.2 Å². The maximum Gasteiger partial charge on any atom is 0.253 e. The molecule has 0 saturated heterocycles. The van der Waals surface area contributed by atoms with Crippen LogP contribution in [0.15, 0.2) is 36.5 Å². The number of allylic oxidation sites excluding steroid dienone is 3. The highest BCUT2D eigenvalue weighted by molar-refractivity contribution is 5.95. The van der Waals surface area contributed by atoms with Gasteiger partial charge in [-0.1, -0.05) is 31.7 Å². The summed E-state index contributed by atoms with van der Waals surface area (Å²) in [6.45, 7) is 5.64. The second-order valence-electron chi connectivity index (χ2n) is 2.86. The normalized spacial score (nSPS) is 11.8. The minimum atomic E-state index is -0.0178. The van der Waals surface area contributed by atoms with Crippen LogP contribution >= 0.6 is 0 Å². The molecule has 0 aliphatic heterocycles. The second kappa shape index (κ2) is 6.23. The SMILES string of the molecule is C=C/C(=C\C=C/CC)C(=O)N(C)C. The van der Waals surface area contributed by atoms with Crippen LogP contribution in [0, 0.1) is 0 Å². The van der Waals surface area contributed by atoms with Gasteiger partial charge in [-0.05, 0) is 12.5 Å². The lowest BCUT2D eigenvalue weighted by atomic mass is 10.2. The van der Waals surface area contributed by atoms with E-state index in [0.29, 0.717) is 5.57 Å². The number of rotatable bonds is 4. The van der Waals surface area contributed by atoms with Crippen LogP contribution in [0.4, 0.5) is 0 Å². The van der Waals surface area contributed by atoms with Crippen LogP contribution in [-0.4, -0.2) is 24.9 Å². The van der Waals surface area contributed by atoms with Crippen molar-refractivity contribution in [3.8, 4) is 0 Å². The van der Waals surface area contributed by atoms with Gasteiger partial charge in [-0.3, -0.25) is 4.79 Å². The van der Waals surface area contributed by atoms with E-state index in [-0.39, 0.29) is 5.91 Å². The zero-order valence-electron chi connectivity index (χ0n) is 8.58. The van der Waals surface area contributed by atoms with E-state index in [1.807, 2.05) is 19.1 Å². The zero-order valence-corrected chi connectivity index (χ0v) is 8.58. The van der Waals surface area contributed by atoms with Gasteiger partial charge >= 0.3 is 0 Å². The second-order valence-corrected chi connectivity index (χ2v) is 2.86. The van der Waals surface area contributed by atoms with Gasteiger partial charge in [-0.25, -0.2) is 0 Å². The van der Waals surface area contributed by atoms with Gasteiger partial charge in [0.2, 0.25) is 0 Å². The topological polar surface area (TPSA) is 20.3 Å². The molecule has 0 aromatic heterocycles. The molecule has 0 unspecified atom stereocenters. The van der Waals surface area contributed by atoms with Gasteiger partial charge in [0.15, 0.2) is 0 Å². The summed E-state index contributed by atoms with van der Waals surface area (Å²) in [6.07, 6.45) is 8.18. The molecule has 0 heterocycles. The molecule has 2 heteroatoms. The van der Waals surface area contributed by atoms with Crippen molar-refractivity contribution in [2.24, 2.45) is 0 Å². The van der Waals surface area contributed by atoms with Gasteiger partial charge in [-0.2, -0.15) is 0 Å². The Morgan fingerprint density at radius 3 is 2.46 bits per heavy atom. The van der Waals surface area contributed by atoms with Gasteiger partial charge in [0.05, 0.1) is 0 Å². The summed E-state index contributed by atoms with van der Waals surface area (Å²) < 4.78 is 0. The van der Waals surface area contributed by atoms with E-state index in [4.69, 9.17) is 0 Å². The average molecular weight is 179 g/mol. The molecule has 0 radical (unpaired) electrons. The van der Waals surface area contributed by atoms with Gasteiger partial charge in [0, 0.05) is 19.7 Å². The molecule has 0 aliphatic carbocycles. The summed E-state index contributed by atoms with van der Waals surface area (Å²) in [5.74, 6) is -0.0178. The Morgan fingerprint density at radius 2 is 2.08 bits per heavy atom. The fraction of sp³-hybridized carbons (Fsp3) is 0.364. The third kappa shape index (κ3) is 4.31. The van der Waals surface area contributed by atoms with Crippen LogP contribution in [0.2, 0.25) is 0 Å². The van der Waals surface area contributed by atoms with Crippen LogP contribution < -0.4 is 0 Å². The molecule has 0 aromatic rings. The Kier molecular flexibility index (Phi) is 5.60. The number of hydrogen-bond donors (Lipinski definition) is 0. The van der Waals surface area contributed by atoms with Crippen LogP contribution in [-0.2, 0) is 4.79 Å². The molecule has 0 aromatic carbocycles. The molecule has 0 fully saturated rings. The van der Waals surface area contributed by atoms with Crippen LogP contribution in [0.1, 0.15) is 13.3 Å². The van der Waals surface area contributed by atoms with Gasteiger partial charge in [0.1, 0.15) is 0 Å². The van der Waals surface area contributed by atoms with Crippen molar-refractivity contribution in [2.45, 2.75) is 13.3 Å². The van der Waals surface area contributed by atoms with Crippen molar-refractivity contribution >= 4 is 5.91 Å². The van der Waals surface area contributed by atoms with Crippen molar-refractivity contribution in [3.63, 3.8) is 0 Å². The highest BCUT2D eigenvalue weighted by Gasteiger charge is 2.05. The molecule has 0 N–H and O–H groups in total. The fourth-order valence-electron chi connectivity index (χ4n) is 0.793.